The van der Waals surface area contributed by atoms with Crippen LogP contribution in [0, 0.1) is 5.92 Å². The Hall–Kier alpha value is -0.950. The van der Waals surface area contributed by atoms with Crippen LogP contribution < -0.4 is 5.32 Å². The lowest BCUT2D eigenvalue weighted by Gasteiger charge is -2.17. The number of sulfonamides is 1. The molecule has 0 bridgehead atoms. The maximum atomic E-state index is 12.6. The number of methoxy groups -OCH3 is 1. The molecule has 1 aliphatic rings. The summed E-state index contributed by atoms with van der Waals surface area (Å²) in [6, 6.07) is 7.13. The zero-order valence-corrected chi connectivity index (χ0v) is 12.8. The van der Waals surface area contributed by atoms with E-state index < -0.39 is 10.0 Å². The number of rotatable bonds is 6. The minimum absolute atomic E-state index is 0.301. The molecule has 0 spiro atoms. The van der Waals surface area contributed by atoms with Crippen LogP contribution in [0.5, 0.6) is 0 Å². The number of hydrogen-bond acceptors (Lipinski definition) is 4. The number of hydrogen-bond donors (Lipinski definition) is 1. The Balaban J connectivity index is 2.16. The molecule has 0 amide bonds. The molecule has 1 aromatic carbocycles. The van der Waals surface area contributed by atoms with Crippen LogP contribution in [0.2, 0.25) is 0 Å². The molecule has 1 fully saturated rings. The number of nitrogens with one attached hydrogen (secondary N) is 1. The van der Waals surface area contributed by atoms with Crippen LogP contribution in [-0.2, 0) is 21.3 Å². The zero-order chi connectivity index (χ0) is 14.6. The highest BCUT2D eigenvalue weighted by Crippen LogP contribution is 2.24. The van der Waals surface area contributed by atoms with Gasteiger partial charge in [0.15, 0.2) is 0 Å². The third-order valence-electron chi connectivity index (χ3n) is 3.57. The van der Waals surface area contributed by atoms with Crippen molar-refractivity contribution in [1.29, 1.82) is 0 Å². The summed E-state index contributed by atoms with van der Waals surface area (Å²) >= 11 is 0. The van der Waals surface area contributed by atoms with Gasteiger partial charge in [0.2, 0.25) is 10.0 Å². The molecule has 5 nitrogen and oxygen atoms in total. The van der Waals surface area contributed by atoms with Crippen LogP contribution in [0.4, 0.5) is 0 Å². The van der Waals surface area contributed by atoms with E-state index in [1.165, 1.54) is 0 Å². The average molecular weight is 298 g/mol. The van der Waals surface area contributed by atoms with Crippen LogP contribution in [0.3, 0.4) is 0 Å². The van der Waals surface area contributed by atoms with E-state index in [0.29, 0.717) is 37.1 Å². The Kier molecular flexibility index (Phi) is 5.15. The van der Waals surface area contributed by atoms with E-state index in [1.807, 2.05) is 13.1 Å². The number of ether oxygens (including phenoxy) is 1. The second-order valence-electron chi connectivity index (χ2n) is 5.15. The lowest BCUT2D eigenvalue weighted by Crippen LogP contribution is -2.29. The Morgan fingerprint density at radius 1 is 1.45 bits per heavy atom. The fraction of sp³-hybridized carbons (Fsp3) is 0.571. The number of benzene rings is 1. The predicted octanol–water partition coefficient (Wildman–Crippen LogP) is 1.06. The van der Waals surface area contributed by atoms with E-state index in [4.69, 9.17) is 4.74 Å². The van der Waals surface area contributed by atoms with Gasteiger partial charge in [-0.2, -0.15) is 4.31 Å². The summed E-state index contributed by atoms with van der Waals surface area (Å²) in [5.74, 6) is 0.301. The SMILES string of the molecule is CNCc1cccc(S(=O)(=O)N2CCC(COC)C2)c1. The standard InChI is InChI=1S/C14H22N2O3S/c1-15-9-12-4-3-5-14(8-12)20(17,18)16-7-6-13(10-16)11-19-2/h3-5,8,13,15H,6-7,9-11H2,1-2H3. The normalized spacial score (nSPS) is 20.4. The first-order valence-corrected chi connectivity index (χ1v) is 8.24. The van der Waals surface area contributed by atoms with E-state index >= 15 is 0 Å². The van der Waals surface area contributed by atoms with Gasteiger partial charge in [0.1, 0.15) is 0 Å². The van der Waals surface area contributed by atoms with E-state index in [1.54, 1.807) is 29.6 Å². The summed E-state index contributed by atoms with van der Waals surface area (Å²) in [6.07, 6.45) is 0.864. The fourth-order valence-corrected chi connectivity index (χ4v) is 4.16. The molecule has 0 saturated carbocycles. The summed E-state index contributed by atoms with van der Waals surface area (Å²) in [5.41, 5.74) is 0.973. The lowest BCUT2D eigenvalue weighted by molar-refractivity contribution is 0.157. The van der Waals surface area contributed by atoms with Gasteiger partial charge in [-0.15, -0.1) is 0 Å². The molecular formula is C14H22N2O3S. The quantitative estimate of drug-likeness (QED) is 0.853. The van der Waals surface area contributed by atoms with Gasteiger partial charge in [0.25, 0.3) is 0 Å². The van der Waals surface area contributed by atoms with E-state index in [-0.39, 0.29) is 0 Å². The van der Waals surface area contributed by atoms with Crippen molar-refractivity contribution in [2.24, 2.45) is 5.92 Å². The predicted molar refractivity (Wildman–Crippen MR) is 77.9 cm³/mol. The van der Waals surface area contributed by atoms with Gasteiger partial charge < -0.3 is 10.1 Å². The Labute approximate surface area is 121 Å². The Morgan fingerprint density at radius 2 is 2.25 bits per heavy atom. The van der Waals surface area contributed by atoms with Crippen molar-refractivity contribution in [3.63, 3.8) is 0 Å². The minimum atomic E-state index is -3.38. The molecule has 1 saturated heterocycles. The third-order valence-corrected chi connectivity index (χ3v) is 5.43. The van der Waals surface area contributed by atoms with E-state index in [0.717, 1.165) is 12.0 Å². The van der Waals surface area contributed by atoms with Crippen LogP contribution in [0.1, 0.15) is 12.0 Å². The first-order valence-electron chi connectivity index (χ1n) is 6.80. The maximum Gasteiger partial charge on any atom is 0.243 e. The van der Waals surface area contributed by atoms with Gasteiger partial charge in [-0.1, -0.05) is 12.1 Å². The van der Waals surface area contributed by atoms with Crippen LogP contribution in [-0.4, -0.2) is 46.6 Å². The molecule has 20 heavy (non-hydrogen) atoms. The molecule has 0 aromatic heterocycles. The van der Waals surface area contributed by atoms with Gasteiger partial charge in [-0.05, 0) is 37.1 Å². The van der Waals surface area contributed by atoms with Gasteiger partial charge in [0, 0.05) is 26.7 Å². The first kappa shape index (κ1) is 15.4. The van der Waals surface area contributed by atoms with Crippen LogP contribution >= 0.6 is 0 Å². The molecule has 0 radical (unpaired) electrons. The van der Waals surface area contributed by atoms with Gasteiger partial charge in [-0.3, -0.25) is 0 Å². The summed E-state index contributed by atoms with van der Waals surface area (Å²) in [4.78, 5) is 0.378. The fourth-order valence-electron chi connectivity index (χ4n) is 2.56. The smallest absolute Gasteiger partial charge is 0.243 e. The molecule has 1 aromatic rings. The van der Waals surface area contributed by atoms with Crippen molar-refractivity contribution in [1.82, 2.24) is 9.62 Å². The topological polar surface area (TPSA) is 58.6 Å². The highest BCUT2D eigenvalue weighted by Gasteiger charge is 2.32. The summed E-state index contributed by atoms with van der Waals surface area (Å²) < 4.78 is 31.9. The molecule has 1 heterocycles. The highest BCUT2D eigenvalue weighted by molar-refractivity contribution is 7.89. The minimum Gasteiger partial charge on any atom is -0.384 e. The van der Waals surface area contributed by atoms with Crippen molar-refractivity contribution < 1.29 is 13.2 Å². The summed E-state index contributed by atoms with van der Waals surface area (Å²) in [7, 11) is 0.115. The maximum absolute atomic E-state index is 12.6. The van der Waals surface area contributed by atoms with Crippen molar-refractivity contribution in [2.75, 3.05) is 33.9 Å². The van der Waals surface area contributed by atoms with Crippen molar-refractivity contribution >= 4 is 10.0 Å². The lowest BCUT2D eigenvalue weighted by atomic mass is 10.1. The second-order valence-corrected chi connectivity index (χ2v) is 7.09. The van der Waals surface area contributed by atoms with Gasteiger partial charge in [-0.25, -0.2) is 8.42 Å². The molecule has 0 aliphatic carbocycles. The van der Waals surface area contributed by atoms with E-state index in [9.17, 15) is 8.42 Å². The average Bonchev–Trinajstić information content (AvgIpc) is 2.89. The van der Waals surface area contributed by atoms with Crippen LogP contribution in [0.25, 0.3) is 0 Å². The van der Waals surface area contributed by atoms with Crippen molar-refractivity contribution in [3.8, 4) is 0 Å². The largest absolute Gasteiger partial charge is 0.384 e. The molecule has 1 N–H and O–H groups in total. The van der Waals surface area contributed by atoms with Gasteiger partial charge in [0.05, 0.1) is 11.5 Å². The Bertz CT molecular complexity index is 545. The summed E-state index contributed by atoms with van der Waals surface area (Å²) in [5, 5.41) is 3.03. The van der Waals surface area contributed by atoms with E-state index in [2.05, 4.69) is 5.32 Å². The molecule has 1 atom stereocenters. The van der Waals surface area contributed by atoms with Gasteiger partial charge >= 0.3 is 0 Å². The summed E-state index contributed by atoms with van der Waals surface area (Å²) in [6.45, 7) is 2.40. The molecule has 1 aliphatic heterocycles. The molecular weight excluding hydrogens is 276 g/mol. The monoisotopic (exact) mass is 298 g/mol. The molecule has 6 heteroatoms. The highest BCUT2D eigenvalue weighted by atomic mass is 32.2. The number of nitrogens with zero attached hydrogens (tertiary/aromatic N) is 1. The second kappa shape index (κ2) is 6.67. The molecule has 1 unspecified atom stereocenters. The Morgan fingerprint density at radius 3 is 2.95 bits per heavy atom. The zero-order valence-electron chi connectivity index (χ0n) is 12.0. The van der Waals surface area contributed by atoms with Crippen molar-refractivity contribution in [3.05, 3.63) is 29.8 Å². The first-order chi connectivity index (χ1) is 9.57. The van der Waals surface area contributed by atoms with Crippen LogP contribution in [0.15, 0.2) is 29.2 Å². The van der Waals surface area contributed by atoms with Crippen molar-refractivity contribution in [2.45, 2.75) is 17.9 Å². The third kappa shape index (κ3) is 3.38. The molecule has 112 valence electrons. The molecule has 2 rings (SSSR count).